The van der Waals surface area contributed by atoms with Crippen LogP contribution in [0.3, 0.4) is 0 Å². The number of hydrogen-bond donors (Lipinski definition) is 1. The Morgan fingerprint density at radius 3 is 3.13 bits per heavy atom. The van der Waals surface area contributed by atoms with E-state index in [1.807, 2.05) is 24.3 Å². The number of fused-ring (bicyclic) bond motifs is 2. The molecule has 0 spiro atoms. The van der Waals surface area contributed by atoms with E-state index in [9.17, 15) is 4.79 Å². The second-order valence-corrected chi connectivity index (χ2v) is 4.03. The van der Waals surface area contributed by atoms with Gasteiger partial charge in [0.15, 0.2) is 5.78 Å². The molecule has 1 saturated carbocycles. The van der Waals surface area contributed by atoms with E-state index in [-0.39, 0.29) is 11.8 Å². The number of hydrogen-bond acceptors (Lipinski definition) is 3. The van der Waals surface area contributed by atoms with Crippen molar-refractivity contribution in [1.29, 1.82) is 0 Å². The molecule has 76 valence electrons. The molecule has 15 heavy (non-hydrogen) atoms. The fourth-order valence-corrected chi connectivity index (χ4v) is 2.22. The van der Waals surface area contributed by atoms with Crippen LogP contribution in [0.25, 0.3) is 0 Å². The molecule has 3 nitrogen and oxygen atoms in total. The van der Waals surface area contributed by atoms with Crippen molar-refractivity contribution in [1.82, 2.24) is 0 Å². The van der Waals surface area contributed by atoms with Crippen LogP contribution in [0.1, 0.15) is 19.3 Å². The number of rotatable bonds is 0. The maximum absolute atomic E-state index is 11.7. The van der Waals surface area contributed by atoms with Crippen LogP contribution >= 0.6 is 0 Å². The molecule has 1 unspecified atom stereocenters. The lowest BCUT2D eigenvalue weighted by molar-refractivity contribution is -0.113. The average molecular weight is 200 g/mol. The minimum absolute atomic E-state index is 0.140. The van der Waals surface area contributed by atoms with Gasteiger partial charge in [0.1, 0.15) is 5.71 Å². The molecule has 1 atom stereocenters. The summed E-state index contributed by atoms with van der Waals surface area (Å²) in [6, 6.07) is 8.01. The maximum atomic E-state index is 11.7. The van der Waals surface area contributed by atoms with Gasteiger partial charge in [-0.15, -0.1) is 0 Å². The Morgan fingerprint density at radius 1 is 1.33 bits per heavy atom. The molecule has 0 saturated heterocycles. The number of aliphatic imine (C=N–C) groups is 1. The zero-order valence-electron chi connectivity index (χ0n) is 8.36. The third kappa shape index (κ3) is 1.35. The molecule has 1 aromatic rings. The minimum Gasteiger partial charge on any atom is -0.375 e. The average Bonchev–Trinajstić information content (AvgIpc) is 2.27. The smallest absolute Gasteiger partial charge is 0.179 e. The predicted octanol–water partition coefficient (Wildman–Crippen LogP) is 2.31. The van der Waals surface area contributed by atoms with Crippen molar-refractivity contribution in [2.45, 2.75) is 25.3 Å². The molecule has 1 heterocycles. The normalized spacial score (nSPS) is 23.6. The molecule has 0 radical (unpaired) electrons. The Morgan fingerprint density at radius 2 is 2.20 bits per heavy atom. The van der Waals surface area contributed by atoms with E-state index < -0.39 is 0 Å². The van der Waals surface area contributed by atoms with Gasteiger partial charge in [-0.25, -0.2) is 4.99 Å². The Hall–Kier alpha value is -1.64. The standard InChI is InChI=1S/C12H12N2O/c15-11-7-3-6-10-12(11)14-9-5-2-1-4-8(9)13-10/h1-2,4-5,10,13H,3,6-7H2. The number of ketones is 1. The van der Waals surface area contributed by atoms with Gasteiger partial charge in [-0.05, 0) is 25.0 Å². The summed E-state index contributed by atoms with van der Waals surface area (Å²) in [4.78, 5) is 16.1. The number of Topliss-reactive ketones (excluding diaryl/α,β-unsaturated/α-hetero) is 1. The highest BCUT2D eigenvalue weighted by Gasteiger charge is 2.30. The van der Waals surface area contributed by atoms with Gasteiger partial charge in [0, 0.05) is 6.42 Å². The van der Waals surface area contributed by atoms with Crippen molar-refractivity contribution in [3.63, 3.8) is 0 Å². The van der Waals surface area contributed by atoms with Crippen LogP contribution in [-0.4, -0.2) is 17.5 Å². The van der Waals surface area contributed by atoms with Crippen LogP contribution in [0.15, 0.2) is 29.3 Å². The molecule has 0 amide bonds. The second-order valence-electron chi connectivity index (χ2n) is 4.03. The molecular weight excluding hydrogens is 188 g/mol. The van der Waals surface area contributed by atoms with E-state index in [4.69, 9.17) is 0 Å². The second kappa shape index (κ2) is 3.19. The number of anilines is 1. The summed E-state index contributed by atoms with van der Waals surface area (Å²) in [6.07, 6.45) is 2.63. The molecule has 1 aliphatic carbocycles. The maximum Gasteiger partial charge on any atom is 0.179 e. The Labute approximate surface area is 88.2 Å². The van der Waals surface area contributed by atoms with Gasteiger partial charge in [-0.2, -0.15) is 0 Å². The monoisotopic (exact) mass is 200 g/mol. The molecule has 2 aliphatic rings. The van der Waals surface area contributed by atoms with Crippen molar-refractivity contribution in [3.8, 4) is 0 Å². The number of nitrogens with one attached hydrogen (secondary N) is 1. The topological polar surface area (TPSA) is 41.5 Å². The summed E-state index contributed by atoms with van der Waals surface area (Å²) in [5, 5.41) is 3.38. The molecule has 3 heteroatoms. The predicted molar refractivity (Wildman–Crippen MR) is 59.8 cm³/mol. The van der Waals surface area contributed by atoms with Gasteiger partial charge >= 0.3 is 0 Å². The lowest BCUT2D eigenvalue weighted by atomic mass is 9.90. The van der Waals surface area contributed by atoms with Crippen molar-refractivity contribution in [3.05, 3.63) is 24.3 Å². The van der Waals surface area contributed by atoms with Crippen LogP contribution in [0.2, 0.25) is 0 Å². The van der Waals surface area contributed by atoms with Crippen molar-refractivity contribution < 1.29 is 4.79 Å². The number of nitrogens with zero attached hydrogens (tertiary/aromatic N) is 1. The van der Waals surface area contributed by atoms with Crippen LogP contribution in [0.5, 0.6) is 0 Å². The van der Waals surface area contributed by atoms with Crippen LogP contribution in [0.4, 0.5) is 11.4 Å². The minimum atomic E-state index is 0.140. The molecule has 3 rings (SSSR count). The highest BCUT2D eigenvalue weighted by atomic mass is 16.1. The van der Waals surface area contributed by atoms with Crippen molar-refractivity contribution in [2.75, 3.05) is 5.32 Å². The summed E-state index contributed by atoms with van der Waals surface area (Å²) < 4.78 is 0. The number of carbonyl (C=O) groups is 1. The summed E-state index contributed by atoms with van der Waals surface area (Å²) >= 11 is 0. The summed E-state index contributed by atoms with van der Waals surface area (Å²) in [7, 11) is 0. The van der Waals surface area contributed by atoms with Crippen molar-refractivity contribution >= 4 is 22.9 Å². The molecule has 1 fully saturated rings. The third-order valence-electron chi connectivity index (χ3n) is 2.99. The molecule has 0 aromatic heterocycles. The third-order valence-corrected chi connectivity index (χ3v) is 2.99. The zero-order valence-corrected chi connectivity index (χ0v) is 8.36. The highest BCUT2D eigenvalue weighted by molar-refractivity contribution is 6.43. The molecular formula is C12H12N2O. The first kappa shape index (κ1) is 8.65. The van der Waals surface area contributed by atoms with E-state index >= 15 is 0 Å². The quantitative estimate of drug-likeness (QED) is 0.698. The van der Waals surface area contributed by atoms with E-state index in [0.717, 1.165) is 29.9 Å². The summed E-state index contributed by atoms with van der Waals surface area (Å²) in [6.45, 7) is 0. The van der Waals surface area contributed by atoms with E-state index in [0.29, 0.717) is 6.42 Å². The van der Waals surface area contributed by atoms with Gasteiger partial charge in [-0.1, -0.05) is 12.1 Å². The van der Waals surface area contributed by atoms with Gasteiger partial charge in [0.05, 0.1) is 17.4 Å². The first-order valence-corrected chi connectivity index (χ1v) is 5.32. The lowest BCUT2D eigenvalue weighted by Gasteiger charge is -2.29. The molecule has 0 bridgehead atoms. The van der Waals surface area contributed by atoms with Crippen molar-refractivity contribution in [2.24, 2.45) is 4.99 Å². The number of benzene rings is 1. The molecule has 1 aliphatic heterocycles. The van der Waals surface area contributed by atoms with E-state index in [1.165, 1.54) is 0 Å². The van der Waals surface area contributed by atoms with E-state index in [1.54, 1.807) is 0 Å². The highest BCUT2D eigenvalue weighted by Crippen LogP contribution is 2.32. The SMILES string of the molecule is O=C1CCCC2Nc3ccccc3N=C12. The van der Waals surface area contributed by atoms with E-state index in [2.05, 4.69) is 10.3 Å². The largest absolute Gasteiger partial charge is 0.375 e. The fraction of sp³-hybridized carbons (Fsp3) is 0.333. The van der Waals surface area contributed by atoms with Gasteiger partial charge in [0.2, 0.25) is 0 Å². The molecule has 1 N–H and O–H groups in total. The summed E-state index contributed by atoms with van der Waals surface area (Å²) in [5.74, 6) is 0.202. The lowest BCUT2D eigenvalue weighted by Crippen LogP contribution is -2.40. The zero-order chi connectivity index (χ0) is 10.3. The van der Waals surface area contributed by atoms with Crippen LogP contribution < -0.4 is 5.32 Å². The van der Waals surface area contributed by atoms with Gasteiger partial charge < -0.3 is 5.32 Å². The van der Waals surface area contributed by atoms with Gasteiger partial charge in [0.25, 0.3) is 0 Å². The first-order chi connectivity index (χ1) is 7.34. The summed E-state index contributed by atoms with van der Waals surface area (Å²) in [5.41, 5.74) is 2.65. The Bertz CT molecular complexity index is 451. The molecule has 1 aromatic carbocycles. The van der Waals surface area contributed by atoms with Gasteiger partial charge in [-0.3, -0.25) is 4.79 Å². The number of para-hydroxylation sites is 2. The number of carbonyl (C=O) groups excluding carboxylic acids is 1. The fourth-order valence-electron chi connectivity index (χ4n) is 2.22. The van der Waals surface area contributed by atoms with Crippen LogP contribution in [-0.2, 0) is 4.79 Å². The Balaban J connectivity index is 2.08. The Kier molecular flexibility index (Phi) is 1.84. The van der Waals surface area contributed by atoms with Crippen LogP contribution in [0, 0.1) is 0 Å². The first-order valence-electron chi connectivity index (χ1n) is 5.32.